The van der Waals surface area contributed by atoms with Crippen LogP contribution in [0.2, 0.25) is 5.02 Å². The molecule has 398 valence electrons. The molecule has 2 N–H and O–H groups in total. The van der Waals surface area contributed by atoms with Crippen LogP contribution in [0.25, 0.3) is 22.0 Å². The van der Waals surface area contributed by atoms with Crippen LogP contribution in [0.1, 0.15) is 66.1 Å². The number of nitrogens with zero attached hydrogens (tertiary/aromatic N) is 7. The molecule has 3 atom stereocenters. The second-order valence-corrected chi connectivity index (χ2v) is 22.7. The Morgan fingerprint density at radius 1 is 0.973 bits per heavy atom. The number of nitrogens with one attached hydrogen (secondary N) is 1. The topological polar surface area (TPSA) is 216 Å². The molecule has 0 aliphatic heterocycles. The number of rotatable bonds is 14. The molecule has 0 bridgehead atoms. The second-order valence-electron chi connectivity index (χ2n) is 17.9. The van der Waals surface area contributed by atoms with Crippen molar-refractivity contribution in [3.05, 3.63) is 93.0 Å². The number of fused-ring (bicyclic) bond motifs is 4. The number of alkyl halides is 8. The highest BCUT2D eigenvalue weighted by molar-refractivity contribution is 7.93. The summed E-state index contributed by atoms with van der Waals surface area (Å²) in [6.07, 6.45) is -13.4. The summed E-state index contributed by atoms with van der Waals surface area (Å²) in [5.74, 6) is -6.30. The molecule has 7 rings (SSSR count). The van der Waals surface area contributed by atoms with Gasteiger partial charge in [-0.2, -0.15) is 49.6 Å². The molecule has 3 amide bonds. The van der Waals surface area contributed by atoms with Crippen LogP contribution in [0.4, 0.5) is 59.3 Å². The van der Waals surface area contributed by atoms with Crippen LogP contribution in [0.5, 0.6) is 0 Å². The fourth-order valence-electron chi connectivity index (χ4n) is 8.20. The predicted molar refractivity (Wildman–Crippen MR) is 242 cm³/mol. The minimum Gasteiger partial charge on any atom is -0.465 e. The minimum absolute atomic E-state index is 0.148. The van der Waals surface area contributed by atoms with Crippen molar-refractivity contribution in [3.63, 3.8) is 0 Å². The van der Waals surface area contributed by atoms with Gasteiger partial charge in [0.05, 0.1) is 40.5 Å². The van der Waals surface area contributed by atoms with Crippen LogP contribution < -0.4 is 9.62 Å². The maximum Gasteiger partial charge on any atom is 0.435 e. The first-order valence-corrected chi connectivity index (χ1v) is 25.5. The maximum atomic E-state index is 15.6. The molecule has 30 heteroatoms. The summed E-state index contributed by atoms with van der Waals surface area (Å²) >= 11 is 6.60. The fourth-order valence-corrected chi connectivity index (χ4v) is 9.44. The van der Waals surface area contributed by atoms with Gasteiger partial charge < -0.3 is 20.1 Å². The Kier molecular flexibility index (Phi) is 14.3. The Bertz CT molecular complexity index is 3410. The third kappa shape index (κ3) is 11.2. The molecular formula is C44H39ClF10N8O9S2. The number of carbonyl (C=O) groups excluding carboxylic acids is 2. The van der Waals surface area contributed by atoms with Gasteiger partial charge in [0.25, 0.3) is 5.92 Å². The number of halogens is 11. The highest BCUT2D eigenvalue weighted by atomic mass is 35.5. The largest absolute Gasteiger partial charge is 0.465 e. The SMILES string of the molecule is CN(CCOC(=O)N(c1nn(CC(F)(F)F)c2c(-c3ccc(C#CC(C)(C)S(C)(=O)=O)nc3[C@H](Cc3cc(F)cc(F)c3)NC(=O)Cn3nc(C(F)(F)F)c4c3C(F)(F)[C@@H]3C[C@H]43)ccc(Cl)c12)S(C)(=O)=O)C(=O)O. The Morgan fingerprint density at radius 3 is 2.19 bits per heavy atom. The van der Waals surface area contributed by atoms with Crippen molar-refractivity contribution in [2.24, 2.45) is 5.92 Å². The van der Waals surface area contributed by atoms with Crippen molar-refractivity contribution < 1.29 is 85.0 Å². The average Bonchev–Trinajstić information content (AvgIpc) is 3.77. The number of carbonyl (C=O) groups is 3. The number of aromatic nitrogens is 5. The van der Waals surface area contributed by atoms with E-state index in [0.717, 1.165) is 49.7 Å². The van der Waals surface area contributed by atoms with Gasteiger partial charge in [0.1, 0.15) is 47.5 Å². The molecule has 0 radical (unpaired) electrons. The Labute approximate surface area is 418 Å². The summed E-state index contributed by atoms with van der Waals surface area (Å²) in [7, 11) is -7.79. The Morgan fingerprint density at radius 2 is 1.61 bits per heavy atom. The Hall–Kier alpha value is -6.67. The molecule has 0 saturated heterocycles. The van der Waals surface area contributed by atoms with Crippen molar-refractivity contribution in [3.8, 4) is 23.0 Å². The summed E-state index contributed by atoms with van der Waals surface area (Å²) < 4.78 is 202. The predicted octanol–water partition coefficient (Wildman–Crippen LogP) is 7.80. The van der Waals surface area contributed by atoms with E-state index in [1.165, 1.54) is 13.8 Å². The number of ether oxygens (including phenoxy) is 1. The molecule has 5 aromatic rings. The smallest absolute Gasteiger partial charge is 0.435 e. The molecule has 1 fully saturated rings. The van der Waals surface area contributed by atoms with Gasteiger partial charge in [-0.1, -0.05) is 23.6 Å². The van der Waals surface area contributed by atoms with E-state index in [9.17, 15) is 71.4 Å². The highest BCUT2D eigenvalue weighted by Crippen LogP contribution is 2.68. The van der Waals surface area contributed by atoms with E-state index < -0.39 is 173 Å². The van der Waals surface area contributed by atoms with Gasteiger partial charge in [0, 0.05) is 42.0 Å². The summed E-state index contributed by atoms with van der Waals surface area (Å²) in [4.78, 5) is 44.1. The molecule has 17 nitrogen and oxygen atoms in total. The van der Waals surface area contributed by atoms with Gasteiger partial charge in [-0.3, -0.25) is 14.2 Å². The van der Waals surface area contributed by atoms with Crippen molar-refractivity contribution in [2.45, 2.75) is 74.8 Å². The number of hydrogen-bond acceptors (Lipinski definition) is 11. The van der Waals surface area contributed by atoms with Gasteiger partial charge in [-0.25, -0.2) is 40.2 Å². The average molecular weight is 1110 g/mol. The lowest BCUT2D eigenvalue weighted by Gasteiger charge is -2.23. The van der Waals surface area contributed by atoms with Crippen LogP contribution in [0.3, 0.4) is 0 Å². The van der Waals surface area contributed by atoms with E-state index in [1.807, 2.05) is 0 Å². The van der Waals surface area contributed by atoms with Crippen LogP contribution in [-0.4, -0.2) is 113 Å². The van der Waals surface area contributed by atoms with Gasteiger partial charge in [0.2, 0.25) is 15.9 Å². The molecule has 1 saturated carbocycles. The summed E-state index contributed by atoms with van der Waals surface area (Å²) in [6, 6.07) is 4.51. The molecular weight excluding hydrogens is 1070 g/mol. The van der Waals surface area contributed by atoms with Crippen molar-refractivity contribution >= 4 is 66.3 Å². The number of sulfonamides is 1. The molecule has 2 aromatic carbocycles. The van der Waals surface area contributed by atoms with Crippen molar-refractivity contribution in [1.29, 1.82) is 0 Å². The summed E-state index contributed by atoms with van der Waals surface area (Å²) in [5, 5.41) is 17.6. The van der Waals surface area contributed by atoms with E-state index in [0.29, 0.717) is 17.2 Å². The van der Waals surface area contributed by atoms with Gasteiger partial charge >= 0.3 is 24.5 Å². The zero-order chi connectivity index (χ0) is 55.0. The summed E-state index contributed by atoms with van der Waals surface area (Å²) in [5.41, 5.74) is -6.22. The van der Waals surface area contributed by atoms with E-state index in [1.54, 1.807) is 0 Å². The number of anilines is 1. The van der Waals surface area contributed by atoms with Gasteiger partial charge in [-0.15, -0.1) is 0 Å². The molecule has 2 aliphatic rings. The molecule has 2 aliphatic carbocycles. The molecule has 0 spiro atoms. The van der Waals surface area contributed by atoms with Gasteiger partial charge in [0.15, 0.2) is 21.3 Å². The minimum atomic E-state index is -5.24. The number of benzene rings is 2. The third-order valence-electron chi connectivity index (χ3n) is 12.0. The van der Waals surface area contributed by atoms with Crippen LogP contribution in [0.15, 0.2) is 42.5 Å². The highest BCUT2D eigenvalue weighted by Gasteiger charge is 2.68. The number of hydrogen-bond donors (Lipinski definition) is 2. The lowest BCUT2D eigenvalue weighted by atomic mass is 9.93. The van der Waals surface area contributed by atoms with E-state index >= 15 is 8.78 Å². The summed E-state index contributed by atoms with van der Waals surface area (Å²) in [6.45, 7) is -2.22. The zero-order valence-electron chi connectivity index (χ0n) is 38.8. The number of sulfone groups is 1. The van der Waals surface area contributed by atoms with E-state index in [-0.39, 0.29) is 36.9 Å². The van der Waals surface area contributed by atoms with Crippen molar-refractivity contribution in [1.82, 2.24) is 34.8 Å². The van der Waals surface area contributed by atoms with Crippen molar-refractivity contribution in [2.75, 3.05) is 37.0 Å². The third-order valence-corrected chi connectivity index (χ3v) is 15.2. The van der Waals surface area contributed by atoms with Crippen LogP contribution in [-0.2, 0) is 61.0 Å². The van der Waals surface area contributed by atoms with Gasteiger partial charge in [-0.05, 0) is 74.4 Å². The van der Waals surface area contributed by atoms with Crippen LogP contribution >= 0.6 is 11.6 Å². The zero-order valence-corrected chi connectivity index (χ0v) is 41.2. The van der Waals surface area contributed by atoms with E-state index in [2.05, 4.69) is 32.3 Å². The lowest BCUT2D eigenvalue weighted by Crippen LogP contribution is -2.39. The quantitative estimate of drug-likeness (QED) is 0.0805. The molecule has 3 aromatic heterocycles. The Balaban J connectivity index is 1.47. The first kappa shape index (κ1) is 55.1. The number of carboxylic acid groups (broad SMARTS) is 1. The number of likely N-dealkylation sites (N-methyl/N-ethyl adjacent to an activating group) is 1. The van der Waals surface area contributed by atoms with E-state index in [4.69, 9.17) is 16.3 Å². The lowest BCUT2D eigenvalue weighted by molar-refractivity contribution is -0.143. The molecule has 74 heavy (non-hydrogen) atoms. The normalized spacial score (nSPS) is 16.7. The second kappa shape index (κ2) is 19.2. The van der Waals surface area contributed by atoms with Crippen LogP contribution in [0, 0.1) is 29.4 Å². The monoisotopic (exact) mass is 1110 g/mol. The molecule has 0 unspecified atom stereocenters. The molecule has 3 heterocycles. The standard InChI is InChI=1S/C44H39ClF10N8O9S2/c1-41(2,73(4,68)69)11-10-24-6-7-25(26-8-9-29(45)33-35(26)62(20-42(48,49)50)59-38(33)63(74(5,70)71)40(67)72-13-12-60(3)39(65)66)34(56-24)30(16-21-14-22(46)17-23(47)15-21)57-31(64)19-61-37-32(36(58-61)44(53,54)55)27-18-28(27)43(37,51)52/h6-9,14-15,17,27-28,30H,12-13,16,18-20H2,1-5H3,(H,57,64)(H,65,66)/t27-,28+,30-/m0/s1. The maximum absolute atomic E-state index is 15.6. The number of pyridine rings is 1. The number of amides is 3. The first-order valence-electron chi connectivity index (χ1n) is 21.4. The first-order chi connectivity index (χ1) is 34.0. The fraction of sp³-hybridized carbons (Fsp3) is 0.409.